The van der Waals surface area contributed by atoms with Crippen molar-refractivity contribution in [1.29, 1.82) is 0 Å². The van der Waals surface area contributed by atoms with Crippen LogP contribution in [0.4, 0.5) is 13.2 Å². The standard InChI is InChI=1S/C31H32ClF3N4O3/c1-37-21-38(18-22-10-14-25(40-2)15-11-22)20-28-30(37)36-29(39(28)19-23-8-12-24(32)13-9-23)7-4-16-41-26-5-3-6-27(17-26)42-31(33,34)35/h3,5-6,8-15,17,20,29H,4,7,16,18-19,21H2,1-2H3. The fourth-order valence-corrected chi connectivity index (χ4v) is 5.15. The van der Waals surface area contributed by atoms with Crippen LogP contribution in [0.2, 0.25) is 5.02 Å². The minimum absolute atomic E-state index is 0.131. The minimum Gasteiger partial charge on any atom is -0.497 e. The average Bonchev–Trinajstić information content (AvgIpc) is 3.29. The number of amidine groups is 1. The molecule has 3 aromatic carbocycles. The monoisotopic (exact) mass is 600 g/mol. The van der Waals surface area contributed by atoms with Gasteiger partial charge >= 0.3 is 6.36 Å². The van der Waals surface area contributed by atoms with Gasteiger partial charge in [0.2, 0.25) is 0 Å². The summed E-state index contributed by atoms with van der Waals surface area (Å²) in [5.41, 5.74) is 3.31. The predicted octanol–water partition coefficient (Wildman–Crippen LogP) is 6.89. The highest BCUT2D eigenvalue weighted by molar-refractivity contribution is 6.30. The highest BCUT2D eigenvalue weighted by Crippen LogP contribution is 2.32. The zero-order chi connectivity index (χ0) is 29.7. The summed E-state index contributed by atoms with van der Waals surface area (Å²) >= 11 is 6.13. The van der Waals surface area contributed by atoms with Gasteiger partial charge in [0, 0.05) is 37.4 Å². The first-order chi connectivity index (χ1) is 20.2. The number of rotatable bonds is 11. The number of fused-ring (bicyclic) bond motifs is 1. The Morgan fingerprint density at radius 2 is 1.62 bits per heavy atom. The topological polar surface area (TPSA) is 49.8 Å². The Bertz CT molecular complexity index is 1410. The van der Waals surface area contributed by atoms with Crippen molar-refractivity contribution in [3.05, 3.63) is 101 Å². The summed E-state index contributed by atoms with van der Waals surface area (Å²) in [6, 6.07) is 21.4. The van der Waals surface area contributed by atoms with Crippen molar-refractivity contribution in [3.63, 3.8) is 0 Å². The van der Waals surface area contributed by atoms with Gasteiger partial charge in [0.25, 0.3) is 0 Å². The number of alkyl halides is 3. The van der Waals surface area contributed by atoms with Gasteiger partial charge in [-0.25, -0.2) is 4.99 Å². The van der Waals surface area contributed by atoms with Crippen molar-refractivity contribution in [3.8, 4) is 17.2 Å². The van der Waals surface area contributed by atoms with E-state index in [0.29, 0.717) is 43.4 Å². The largest absolute Gasteiger partial charge is 0.573 e. The lowest BCUT2D eigenvalue weighted by molar-refractivity contribution is -0.274. The Morgan fingerprint density at radius 3 is 2.33 bits per heavy atom. The van der Waals surface area contributed by atoms with Crippen LogP contribution in [-0.2, 0) is 13.1 Å². The molecular weight excluding hydrogens is 569 g/mol. The quantitative estimate of drug-likeness (QED) is 0.223. The molecule has 0 fully saturated rings. The second kappa shape index (κ2) is 12.9. The van der Waals surface area contributed by atoms with Crippen LogP contribution in [-0.4, -0.2) is 60.5 Å². The van der Waals surface area contributed by atoms with E-state index >= 15 is 0 Å². The lowest BCUT2D eigenvalue weighted by Crippen LogP contribution is -2.43. The molecule has 0 saturated carbocycles. The van der Waals surface area contributed by atoms with Crippen molar-refractivity contribution in [2.24, 2.45) is 4.99 Å². The number of ether oxygens (including phenoxy) is 3. The molecule has 11 heteroatoms. The van der Waals surface area contributed by atoms with Crippen LogP contribution in [0.15, 0.2) is 89.7 Å². The van der Waals surface area contributed by atoms with Gasteiger partial charge in [-0.1, -0.05) is 41.9 Å². The van der Waals surface area contributed by atoms with Gasteiger partial charge in [-0.15, -0.1) is 13.2 Å². The van der Waals surface area contributed by atoms with Gasteiger partial charge in [0.05, 0.1) is 26.1 Å². The first-order valence-corrected chi connectivity index (χ1v) is 13.9. The summed E-state index contributed by atoms with van der Waals surface area (Å²) in [4.78, 5) is 11.8. The maximum absolute atomic E-state index is 12.6. The van der Waals surface area contributed by atoms with E-state index in [0.717, 1.165) is 29.4 Å². The summed E-state index contributed by atoms with van der Waals surface area (Å²) in [5, 5.41) is 0.679. The molecule has 0 N–H and O–H groups in total. The van der Waals surface area contributed by atoms with Crippen molar-refractivity contribution in [2.45, 2.75) is 38.5 Å². The number of benzene rings is 3. The number of likely N-dealkylation sites (N-methyl/N-ethyl adjacent to an activating group) is 1. The van der Waals surface area contributed by atoms with E-state index in [2.05, 4.69) is 37.8 Å². The maximum Gasteiger partial charge on any atom is 0.573 e. The third-order valence-corrected chi connectivity index (χ3v) is 7.21. The SMILES string of the molecule is COc1ccc(CN2C=C3C(=NC(CCCOc4cccc(OC(F)(F)F)c4)N3Cc3ccc(Cl)cc3)N(C)C2)cc1. The first-order valence-electron chi connectivity index (χ1n) is 13.5. The van der Waals surface area contributed by atoms with E-state index in [1.54, 1.807) is 13.2 Å². The number of hydrogen-bond acceptors (Lipinski definition) is 7. The molecule has 42 heavy (non-hydrogen) atoms. The maximum atomic E-state index is 12.6. The van der Waals surface area contributed by atoms with Crippen molar-refractivity contribution in [2.75, 3.05) is 27.4 Å². The fraction of sp³-hybridized carbons (Fsp3) is 0.323. The van der Waals surface area contributed by atoms with Crippen LogP contribution in [0.3, 0.4) is 0 Å². The average molecular weight is 601 g/mol. The summed E-state index contributed by atoms with van der Waals surface area (Å²) in [6.07, 6.45) is -1.37. The second-order valence-corrected chi connectivity index (χ2v) is 10.6. The molecule has 222 valence electrons. The van der Waals surface area contributed by atoms with Crippen molar-refractivity contribution < 1.29 is 27.4 Å². The number of hydrogen-bond donors (Lipinski definition) is 0. The molecule has 0 radical (unpaired) electrons. The van der Waals surface area contributed by atoms with Gasteiger partial charge < -0.3 is 28.9 Å². The molecule has 0 amide bonds. The van der Waals surface area contributed by atoms with E-state index < -0.39 is 6.36 Å². The van der Waals surface area contributed by atoms with Gasteiger partial charge in [-0.05, 0) is 60.4 Å². The molecule has 5 rings (SSSR count). The third kappa shape index (κ3) is 7.61. The van der Waals surface area contributed by atoms with Crippen LogP contribution in [0.1, 0.15) is 24.0 Å². The molecule has 1 atom stereocenters. The lowest BCUT2D eigenvalue weighted by atomic mass is 10.1. The molecule has 0 aromatic heterocycles. The lowest BCUT2D eigenvalue weighted by Gasteiger charge is -2.36. The van der Waals surface area contributed by atoms with E-state index in [-0.39, 0.29) is 11.9 Å². The van der Waals surface area contributed by atoms with E-state index in [4.69, 9.17) is 26.1 Å². The Morgan fingerprint density at radius 1 is 0.929 bits per heavy atom. The summed E-state index contributed by atoms with van der Waals surface area (Å²) in [5.74, 6) is 1.76. The summed E-state index contributed by atoms with van der Waals surface area (Å²) < 4.78 is 52.8. The number of methoxy groups -OCH3 is 1. The van der Waals surface area contributed by atoms with Crippen LogP contribution in [0, 0.1) is 0 Å². The van der Waals surface area contributed by atoms with E-state index in [1.165, 1.54) is 23.8 Å². The zero-order valence-corrected chi connectivity index (χ0v) is 24.1. The molecule has 0 saturated heterocycles. The Hall–Kier alpha value is -4.05. The van der Waals surface area contributed by atoms with E-state index in [9.17, 15) is 13.2 Å². The van der Waals surface area contributed by atoms with Crippen molar-refractivity contribution in [1.82, 2.24) is 14.7 Å². The Kier molecular flexibility index (Phi) is 9.01. The Labute approximate surface area is 248 Å². The molecule has 3 aromatic rings. The molecule has 7 nitrogen and oxygen atoms in total. The fourth-order valence-electron chi connectivity index (χ4n) is 5.02. The first kappa shape index (κ1) is 29.4. The van der Waals surface area contributed by atoms with Gasteiger partial charge in [-0.2, -0.15) is 0 Å². The Balaban J connectivity index is 1.28. The van der Waals surface area contributed by atoms with Gasteiger partial charge in [-0.3, -0.25) is 0 Å². The molecule has 1 unspecified atom stereocenters. The zero-order valence-electron chi connectivity index (χ0n) is 23.4. The highest BCUT2D eigenvalue weighted by atomic mass is 35.5. The molecule has 0 aliphatic carbocycles. The van der Waals surface area contributed by atoms with Crippen molar-refractivity contribution >= 4 is 17.4 Å². The van der Waals surface area contributed by atoms with Gasteiger partial charge in [0.15, 0.2) is 5.84 Å². The number of aliphatic imine (C=N–C) groups is 1. The molecule has 0 bridgehead atoms. The third-order valence-electron chi connectivity index (χ3n) is 6.96. The molecule has 2 heterocycles. The van der Waals surface area contributed by atoms with Crippen LogP contribution < -0.4 is 14.2 Å². The summed E-state index contributed by atoms with van der Waals surface area (Å²) in [6.45, 7) is 2.39. The van der Waals surface area contributed by atoms with E-state index in [1.807, 2.05) is 43.4 Å². The number of halogens is 4. The summed E-state index contributed by atoms with van der Waals surface area (Å²) in [7, 11) is 3.69. The normalized spacial score (nSPS) is 16.6. The smallest absolute Gasteiger partial charge is 0.497 e. The number of nitrogens with zero attached hydrogens (tertiary/aromatic N) is 4. The molecule has 0 spiro atoms. The van der Waals surface area contributed by atoms with Crippen LogP contribution >= 0.6 is 11.6 Å². The molecule has 2 aliphatic heterocycles. The van der Waals surface area contributed by atoms with Gasteiger partial charge in [0.1, 0.15) is 23.4 Å². The van der Waals surface area contributed by atoms with Crippen LogP contribution in [0.25, 0.3) is 0 Å². The second-order valence-electron chi connectivity index (χ2n) is 10.1. The van der Waals surface area contributed by atoms with Crippen LogP contribution in [0.5, 0.6) is 17.2 Å². The molecular formula is C31H32ClF3N4O3. The molecule has 2 aliphatic rings. The minimum atomic E-state index is -4.75. The highest BCUT2D eigenvalue weighted by Gasteiger charge is 2.36. The predicted molar refractivity (Wildman–Crippen MR) is 155 cm³/mol.